The molecule has 0 heterocycles. The van der Waals surface area contributed by atoms with Crippen LogP contribution in [0, 0.1) is 5.82 Å². The van der Waals surface area contributed by atoms with Gasteiger partial charge in [-0.15, -0.1) is 0 Å². The van der Waals surface area contributed by atoms with E-state index in [-0.39, 0.29) is 5.82 Å². The lowest BCUT2D eigenvalue weighted by atomic mass is 10.1. The van der Waals surface area contributed by atoms with Gasteiger partial charge < -0.3 is 5.32 Å². The summed E-state index contributed by atoms with van der Waals surface area (Å²) in [6.07, 6.45) is 6.30. The second-order valence-corrected chi connectivity index (χ2v) is 5.35. The zero-order valence-corrected chi connectivity index (χ0v) is 12.1. The first-order valence-electron chi connectivity index (χ1n) is 6.80. The van der Waals surface area contributed by atoms with Crippen molar-refractivity contribution < 1.29 is 4.39 Å². The first kappa shape index (κ1) is 15.5. The van der Waals surface area contributed by atoms with Crippen molar-refractivity contribution in [1.29, 1.82) is 0 Å². The van der Waals surface area contributed by atoms with Crippen LogP contribution in [0.25, 0.3) is 0 Å². The van der Waals surface area contributed by atoms with Crippen molar-refractivity contribution in [2.24, 2.45) is 0 Å². The van der Waals surface area contributed by atoms with E-state index in [0.29, 0.717) is 17.6 Å². The standard InChI is InChI=1S/C15H23ClFN/c1-3-4-5-6-7-12(2)18-11-13-8-14(16)10-15(17)9-13/h8-10,12,18H,3-7,11H2,1-2H3. The van der Waals surface area contributed by atoms with Crippen molar-refractivity contribution >= 4 is 11.6 Å². The maximum atomic E-state index is 13.1. The van der Waals surface area contributed by atoms with Crippen LogP contribution < -0.4 is 5.32 Å². The van der Waals surface area contributed by atoms with E-state index in [1.165, 1.54) is 44.2 Å². The van der Waals surface area contributed by atoms with Gasteiger partial charge in [0, 0.05) is 17.6 Å². The Balaban J connectivity index is 2.26. The van der Waals surface area contributed by atoms with E-state index in [0.717, 1.165) is 5.56 Å². The number of hydrogen-bond donors (Lipinski definition) is 1. The lowest BCUT2D eigenvalue weighted by molar-refractivity contribution is 0.482. The summed E-state index contributed by atoms with van der Waals surface area (Å²) >= 11 is 5.82. The molecule has 0 bridgehead atoms. The normalized spacial score (nSPS) is 12.7. The SMILES string of the molecule is CCCCCCC(C)NCc1cc(F)cc(Cl)c1. The summed E-state index contributed by atoms with van der Waals surface area (Å²) in [5.41, 5.74) is 0.903. The summed E-state index contributed by atoms with van der Waals surface area (Å²) in [5, 5.41) is 3.87. The Hall–Kier alpha value is -0.600. The maximum Gasteiger partial charge on any atom is 0.125 e. The lowest BCUT2D eigenvalue weighted by Gasteiger charge is -2.13. The minimum absolute atomic E-state index is 0.269. The van der Waals surface area contributed by atoms with Crippen molar-refractivity contribution in [3.05, 3.63) is 34.6 Å². The van der Waals surface area contributed by atoms with Gasteiger partial charge in [0.2, 0.25) is 0 Å². The topological polar surface area (TPSA) is 12.0 Å². The highest BCUT2D eigenvalue weighted by atomic mass is 35.5. The zero-order valence-electron chi connectivity index (χ0n) is 11.3. The molecule has 102 valence electrons. The summed E-state index contributed by atoms with van der Waals surface area (Å²) in [5.74, 6) is -0.269. The molecule has 0 aliphatic rings. The Bertz CT molecular complexity index is 334. The molecule has 1 atom stereocenters. The van der Waals surface area contributed by atoms with E-state index in [9.17, 15) is 4.39 Å². The van der Waals surface area contributed by atoms with Gasteiger partial charge in [0.1, 0.15) is 5.82 Å². The molecule has 0 amide bonds. The number of halogens is 2. The van der Waals surface area contributed by atoms with Crippen LogP contribution in [0.5, 0.6) is 0 Å². The van der Waals surface area contributed by atoms with Gasteiger partial charge >= 0.3 is 0 Å². The van der Waals surface area contributed by atoms with Crippen LogP contribution >= 0.6 is 11.6 Å². The molecule has 1 aromatic rings. The second kappa shape index (κ2) is 8.49. The highest BCUT2D eigenvalue weighted by Crippen LogP contribution is 2.14. The summed E-state index contributed by atoms with van der Waals surface area (Å²) in [6.45, 7) is 5.06. The number of benzene rings is 1. The van der Waals surface area contributed by atoms with Crippen molar-refractivity contribution in [2.75, 3.05) is 0 Å². The van der Waals surface area contributed by atoms with Crippen LogP contribution in [0.2, 0.25) is 5.02 Å². The third kappa shape index (κ3) is 6.36. The van der Waals surface area contributed by atoms with Crippen molar-refractivity contribution in [3.8, 4) is 0 Å². The molecule has 1 unspecified atom stereocenters. The van der Waals surface area contributed by atoms with Gasteiger partial charge in [-0.3, -0.25) is 0 Å². The molecular weight excluding hydrogens is 249 g/mol. The van der Waals surface area contributed by atoms with Crippen LogP contribution in [0.15, 0.2) is 18.2 Å². The largest absolute Gasteiger partial charge is 0.310 e. The van der Waals surface area contributed by atoms with Gasteiger partial charge in [0.05, 0.1) is 0 Å². The molecule has 0 aliphatic heterocycles. The molecule has 1 nitrogen and oxygen atoms in total. The summed E-state index contributed by atoms with van der Waals surface area (Å²) in [7, 11) is 0. The minimum Gasteiger partial charge on any atom is -0.310 e. The number of unbranched alkanes of at least 4 members (excludes halogenated alkanes) is 3. The summed E-state index contributed by atoms with van der Waals surface area (Å²) in [4.78, 5) is 0. The van der Waals surface area contributed by atoms with Gasteiger partial charge in [-0.1, -0.05) is 44.2 Å². The first-order valence-corrected chi connectivity index (χ1v) is 7.18. The van der Waals surface area contributed by atoms with Crippen LogP contribution in [0.1, 0.15) is 51.5 Å². The molecule has 0 saturated carbocycles. The summed E-state index contributed by atoms with van der Waals surface area (Å²) < 4.78 is 13.1. The molecule has 0 aromatic heterocycles. The first-order chi connectivity index (χ1) is 8.61. The average molecular weight is 272 g/mol. The summed E-state index contributed by atoms with van der Waals surface area (Å²) in [6, 6.07) is 5.13. The number of hydrogen-bond acceptors (Lipinski definition) is 1. The monoisotopic (exact) mass is 271 g/mol. The van der Waals surface area contributed by atoms with E-state index in [4.69, 9.17) is 11.6 Å². The molecule has 1 N–H and O–H groups in total. The molecule has 18 heavy (non-hydrogen) atoms. The molecular formula is C15H23ClFN. The molecule has 0 saturated heterocycles. The predicted molar refractivity (Wildman–Crippen MR) is 76.5 cm³/mol. The van der Waals surface area contributed by atoms with Crippen LogP contribution in [0.4, 0.5) is 4.39 Å². The van der Waals surface area contributed by atoms with E-state index < -0.39 is 0 Å². The average Bonchev–Trinajstić information content (AvgIpc) is 2.31. The molecule has 1 rings (SSSR count). The fraction of sp³-hybridized carbons (Fsp3) is 0.600. The molecule has 0 fully saturated rings. The van der Waals surface area contributed by atoms with Crippen molar-refractivity contribution in [3.63, 3.8) is 0 Å². The quantitative estimate of drug-likeness (QED) is 0.661. The Labute approximate surface area is 115 Å². The molecule has 1 aromatic carbocycles. The Morgan fingerprint density at radius 3 is 2.67 bits per heavy atom. The zero-order chi connectivity index (χ0) is 13.4. The highest BCUT2D eigenvalue weighted by Gasteiger charge is 2.03. The molecule has 3 heteroatoms. The van der Waals surface area contributed by atoms with E-state index in [2.05, 4.69) is 19.2 Å². The third-order valence-corrected chi connectivity index (χ3v) is 3.29. The van der Waals surface area contributed by atoms with E-state index in [1.807, 2.05) is 0 Å². The van der Waals surface area contributed by atoms with Gasteiger partial charge in [0.15, 0.2) is 0 Å². The van der Waals surface area contributed by atoms with E-state index in [1.54, 1.807) is 6.07 Å². The Morgan fingerprint density at radius 2 is 2.00 bits per heavy atom. The highest BCUT2D eigenvalue weighted by molar-refractivity contribution is 6.30. The van der Waals surface area contributed by atoms with Gasteiger partial charge in [0.25, 0.3) is 0 Å². The fourth-order valence-corrected chi connectivity index (χ4v) is 2.23. The second-order valence-electron chi connectivity index (χ2n) is 4.91. The van der Waals surface area contributed by atoms with Crippen molar-refractivity contribution in [1.82, 2.24) is 5.32 Å². The van der Waals surface area contributed by atoms with Crippen molar-refractivity contribution in [2.45, 2.75) is 58.5 Å². The maximum absolute atomic E-state index is 13.1. The minimum atomic E-state index is -0.269. The Kier molecular flexibility index (Phi) is 7.29. The smallest absolute Gasteiger partial charge is 0.125 e. The van der Waals surface area contributed by atoms with Crippen LogP contribution in [-0.4, -0.2) is 6.04 Å². The van der Waals surface area contributed by atoms with E-state index >= 15 is 0 Å². The number of nitrogens with one attached hydrogen (secondary N) is 1. The third-order valence-electron chi connectivity index (χ3n) is 3.07. The van der Waals surface area contributed by atoms with Gasteiger partial charge in [-0.05, 0) is 37.1 Å². The fourth-order valence-electron chi connectivity index (χ4n) is 1.98. The number of rotatable bonds is 8. The van der Waals surface area contributed by atoms with Crippen LogP contribution in [0.3, 0.4) is 0 Å². The molecule has 0 aliphatic carbocycles. The lowest BCUT2D eigenvalue weighted by Crippen LogP contribution is -2.25. The van der Waals surface area contributed by atoms with Gasteiger partial charge in [-0.2, -0.15) is 0 Å². The molecule has 0 spiro atoms. The predicted octanol–water partition coefficient (Wildman–Crippen LogP) is 4.93. The molecule has 0 radical (unpaired) electrons. The van der Waals surface area contributed by atoms with Crippen LogP contribution in [-0.2, 0) is 6.54 Å². The Morgan fingerprint density at radius 1 is 1.22 bits per heavy atom. The van der Waals surface area contributed by atoms with Gasteiger partial charge in [-0.25, -0.2) is 4.39 Å².